The van der Waals surface area contributed by atoms with Crippen molar-refractivity contribution in [1.82, 2.24) is 14.7 Å². The minimum Gasteiger partial charge on any atom is -0.444 e. The highest BCUT2D eigenvalue weighted by molar-refractivity contribution is 5.81. The van der Waals surface area contributed by atoms with Gasteiger partial charge in [0, 0.05) is 19.3 Å². The first-order chi connectivity index (χ1) is 11.5. The zero-order valence-corrected chi connectivity index (χ0v) is 15.4. The van der Waals surface area contributed by atoms with Crippen molar-refractivity contribution in [2.75, 3.05) is 33.0 Å². The third-order valence-electron chi connectivity index (χ3n) is 3.93. The van der Waals surface area contributed by atoms with Crippen LogP contribution in [0.3, 0.4) is 0 Å². The number of nitrogens with two attached hydrogens (primary N) is 1. The van der Waals surface area contributed by atoms with E-state index in [4.69, 9.17) is 15.3 Å². The summed E-state index contributed by atoms with van der Waals surface area (Å²) >= 11 is 0. The van der Waals surface area contributed by atoms with Gasteiger partial charge in [-0.25, -0.2) is 9.78 Å². The van der Waals surface area contributed by atoms with Crippen LogP contribution in [0.15, 0.2) is 18.3 Å². The Bertz CT molecular complexity index is 680. The number of hydrogen-bond donors (Lipinski definition) is 2. The molecule has 0 bridgehead atoms. The van der Waals surface area contributed by atoms with Crippen molar-refractivity contribution in [1.29, 1.82) is 0 Å². The van der Waals surface area contributed by atoms with Crippen LogP contribution in [-0.2, 0) is 9.57 Å². The fourth-order valence-corrected chi connectivity index (χ4v) is 2.66. The maximum atomic E-state index is 12.2. The Morgan fingerprint density at radius 2 is 2.12 bits per heavy atom. The van der Waals surface area contributed by atoms with Crippen LogP contribution in [0.1, 0.15) is 32.8 Å². The SMILES string of the molecule is CO[N+](C)(O)c1c(C2=CCN(C(=O)OC(C)(C)C)CC2)ccnc1N. The van der Waals surface area contributed by atoms with Crippen LogP contribution >= 0.6 is 0 Å². The number of nitrogen functional groups attached to an aromatic ring is 1. The molecule has 1 aliphatic heterocycles. The third-order valence-corrected chi connectivity index (χ3v) is 3.93. The van der Waals surface area contributed by atoms with Gasteiger partial charge in [-0.2, -0.15) is 10.0 Å². The second-order valence-corrected chi connectivity index (χ2v) is 7.06. The average molecular weight is 351 g/mol. The van der Waals surface area contributed by atoms with Gasteiger partial charge in [-0.1, -0.05) is 6.08 Å². The van der Waals surface area contributed by atoms with Crippen molar-refractivity contribution in [2.45, 2.75) is 32.8 Å². The van der Waals surface area contributed by atoms with Gasteiger partial charge in [0.2, 0.25) is 5.69 Å². The molecule has 1 atom stereocenters. The number of pyridine rings is 1. The molecule has 0 saturated heterocycles. The van der Waals surface area contributed by atoms with Crippen molar-refractivity contribution >= 4 is 23.2 Å². The van der Waals surface area contributed by atoms with E-state index in [1.165, 1.54) is 14.2 Å². The fraction of sp³-hybridized carbons (Fsp3) is 0.529. The van der Waals surface area contributed by atoms with Gasteiger partial charge in [-0.3, -0.25) is 0 Å². The number of ether oxygens (including phenoxy) is 1. The predicted molar refractivity (Wildman–Crippen MR) is 95.6 cm³/mol. The van der Waals surface area contributed by atoms with Crippen LogP contribution in [0.4, 0.5) is 16.3 Å². The molecule has 8 heteroatoms. The monoisotopic (exact) mass is 351 g/mol. The molecule has 0 spiro atoms. The van der Waals surface area contributed by atoms with E-state index >= 15 is 0 Å². The molecule has 0 aliphatic carbocycles. The Balaban J connectivity index is 2.25. The lowest BCUT2D eigenvalue weighted by molar-refractivity contribution is -0.292. The van der Waals surface area contributed by atoms with Gasteiger partial charge in [-0.15, -0.1) is 0 Å². The van der Waals surface area contributed by atoms with Crippen LogP contribution in [0.25, 0.3) is 5.57 Å². The highest BCUT2D eigenvalue weighted by Gasteiger charge is 2.33. The molecule has 1 amide bonds. The Kier molecular flexibility index (Phi) is 5.36. The van der Waals surface area contributed by atoms with Gasteiger partial charge < -0.3 is 15.4 Å². The molecule has 0 radical (unpaired) electrons. The van der Waals surface area contributed by atoms with Gasteiger partial charge in [0.05, 0.1) is 5.56 Å². The smallest absolute Gasteiger partial charge is 0.410 e. The van der Waals surface area contributed by atoms with Gasteiger partial charge in [0.25, 0.3) is 0 Å². The number of anilines is 1. The number of quaternary nitrogens is 1. The third kappa shape index (κ3) is 4.47. The Morgan fingerprint density at radius 1 is 1.44 bits per heavy atom. The second kappa shape index (κ2) is 6.99. The highest BCUT2D eigenvalue weighted by atomic mass is 16.9. The quantitative estimate of drug-likeness (QED) is 0.641. The summed E-state index contributed by atoms with van der Waals surface area (Å²) in [5.74, 6) is 0.194. The maximum absolute atomic E-state index is 12.2. The molecule has 3 N–H and O–H groups in total. The van der Waals surface area contributed by atoms with Crippen LogP contribution in [-0.4, -0.2) is 54.0 Å². The van der Waals surface area contributed by atoms with E-state index in [0.29, 0.717) is 25.2 Å². The first kappa shape index (κ1) is 19.2. The van der Waals surface area contributed by atoms with Crippen molar-refractivity contribution in [3.05, 3.63) is 23.9 Å². The summed E-state index contributed by atoms with van der Waals surface area (Å²) in [6.07, 6.45) is 3.79. The molecule has 138 valence electrons. The second-order valence-electron chi connectivity index (χ2n) is 7.06. The molecule has 1 unspecified atom stereocenters. The van der Waals surface area contributed by atoms with Crippen LogP contribution < -0.4 is 10.5 Å². The first-order valence-corrected chi connectivity index (χ1v) is 8.12. The lowest BCUT2D eigenvalue weighted by Crippen LogP contribution is -2.42. The topological polar surface area (TPSA) is 97.9 Å². The summed E-state index contributed by atoms with van der Waals surface area (Å²) in [6, 6.07) is 1.78. The number of carbonyl (C=O) groups is 1. The standard InChI is InChI=1S/C17H27N4O4/c1-17(2,3)25-16(22)20-10-7-12(8-11-20)13-6-9-19-15(18)14(13)21(4,23)24-5/h6-7,9,23H,8,10-11H2,1-5H3,(H2,18,19)/q+1. The summed E-state index contributed by atoms with van der Waals surface area (Å²) in [7, 11) is 2.85. The number of rotatable bonds is 3. The van der Waals surface area contributed by atoms with Crippen molar-refractivity contribution < 1.29 is 19.6 Å². The molecule has 2 heterocycles. The maximum Gasteiger partial charge on any atom is 0.410 e. The van der Waals surface area contributed by atoms with Gasteiger partial charge in [-0.05, 0) is 43.6 Å². The molecule has 1 aliphatic rings. The largest absolute Gasteiger partial charge is 0.444 e. The molecule has 2 rings (SSSR count). The lowest BCUT2D eigenvalue weighted by Gasteiger charge is -2.30. The number of aromatic nitrogens is 1. The van der Waals surface area contributed by atoms with Crippen LogP contribution in [0, 0.1) is 0 Å². The fourth-order valence-electron chi connectivity index (χ4n) is 2.66. The molecule has 1 aromatic rings. The van der Waals surface area contributed by atoms with Gasteiger partial charge in [0.15, 0.2) is 5.82 Å². The van der Waals surface area contributed by atoms with E-state index in [0.717, 1.165) is 11.1 Å². The number of hydrogen-bond acceptors (Lipinski definition) is 6. The summed E-state index contributed by atoms with van der Waals surface area (Å²) in [4.78, 5) is 22.1. The van der Waals surface area contributed by atoms with E-state index in [1.807, 2.05) is 26.8 Å². The molecule has 8 nitrogen and oxygen atoms in total. The molecule has 1 aromatic heterocycles. The Labute approximate surface area is 147 Å². The summed E-state index contributed by atoms with van der Waals surface area (Å²) in [6.45, 7) is 6.46. The first-order valence-electron chi connectivity index (χ1n) is 8.12. The van der Waals surface area contributed by atoms with Crippen molar-refractivity contribution in [3.63, 3.8) is 0 Å². The van der Waals surface area contributed by atoms with Crippen molar-refractivity contribution in [2.24, 2.45) is 0 Å². The lowest BCUT2D eigenvalue weighted by atomic mass is 9.98. The summed E-state index contributed by atoms with van der Waals surface area (Å²) in [5, 5.41) is 10.4. The normalized spacial score (nSPS) is 17.7. The van der Waals surface area contributed by atoms with E-state index < -0.39 is 10.4 Å². The zero-order valence-electron chi connectivity index (χ0n) is 15.4. The number of carbonyl (C=O) groups excluding carboxylic acids is 1. The van der Waals surface area contributed by atoms with E-state index in [1.54, 1.807) is 17.2 Å². The van der Waals surface area contributed by atoms with E-state index in [-0.39, 0.29) is 11.9 Å². The number of hydroxylamine groups is 2. The van der Waals surface area contributed by atoms with Crippen molar-refractivity contribution in [3.8, 4) is 0 Å². The van der Waals surface area contributed by atoms with Crippen LogP contribution in [0.5, 0.6) is 0 Å². The average Bonchev–Trinajstić information content (AvgIpc) is 2.53. The van der Waals surface area contributed by atoms with E-state index in [9.17, 15) is 10.0 Å². The van der Waals surface area contributed by atoms with Crippen LogP contribution in [0.2, 0.25) is 0 Å². The molecule has 0 aromatic carbocycles. The predicted octanol–water partition coefficient (Wildman–Crippen LogP) is 2.58. The zero-order chi connectivity index (χ0) is 18.8. The number of amides is 1. The minimum absolute atomic E-state index is 0.194. The number of nitrogens with zero attached hydrogens (tertiary/aromatic N) is 3. The molecule has 0 fully saturated rings. The van der Waals surface area contributed by atoms with Gasteiger partial charge >= 0.3 is 6.09 Å². The highest BCUT2D eigenvalue weighted by Crippen LogP contribution is 2.36. The summed E-state index contributed by atoms with van der Waals surface area (Å²) < 4.78 is 5.40. The Morgan fingerprint density at radius 3 is 2.64 bits per heavy atom. The van der Waals surface area contributed by atoms with E-state index in [2.05, 4.69) is 4.98 Å². The minimum atomic E-state index is -0.831. The molecular formula is C17H27N4O4+. The Hall–Kier alpha value is -2.16. The molecule has 25 heavy (non-hydrogen) atoms. The molecular weight excluding hydrogens is 324 g/mol. The summed E-state index contributed by atoms with van der Waals surface area (Å²) in [5.41, 5.74) is 7.53. The van der Waals surface area contributed by atoms with Gasteiger partial charge in [0.1, 0.15) is 19.8 Å². The molecule has 0 saturated carbocycles.